The van der Waals surface area contributed by atoms with E-state index in [2.05, 4.69) is 15.0 Å². The van der Waals surface area contributed by atoms with E-state index < -0.39 is 23.7 Å². The maximum Gasteiger partial charge on any atom is 0.416 e. The predicted molar refractivity (Wildman–Crippen MR) is 166 cm³/mol. The molecule has 15 heteroatoms. The fraction of sp³-hybridized carbons (Fsp3) is 0.333. The summed E-state index contributed by atoms with van der Waals surface area (Å²) in [4.78, 5) is 44.1. The molecule has 2 aromatic carbocycles. The lowest BCUT2D eigenvalue weighted by Gasteiger charge is -2.23. The van der Waals surface area contributed by atoms with Crippen LogP contribution in [0.2, 0.25) is 10.0 Å². The summed E-state index contributed by atoms with van der Waals surface area (Å²) >= 11 is 13.8. The molecule has 45 heavy (non-hydrogen) atoms. The average Bonchev–Trinajstić information content (AvgIpc) is 3.59. The van der Waals surface area contributed by atoms with Gasteiger partial charge in [0.25, 0.3) is 5.91 Å². The molecule has 2 N–H and O–H groups in total. The number of alkyl halides is 3. The van der Waals surface area contributed by atoms with Gasteiger partial charge in [-0.2, -0.15) is 13.2 Å². The first-order valence-electron chi connectivity index (χ1n) is 13.8. The van der Waals surface area contributed by atoms with Crippen molar-refractivity contribution in [1.82, 2.24) is 9.88 Å². The van der Waals surface area contributed by atoms with Gasteiger partial charge in [0.1, 0.15) is 17.0 Å². The molecule has 6 rings (SSSR count). The van der Waals surface area contributed by atoms with Crippen LogP contribution >= 0.6 is 34.5 Å². The van der Waals surface area contributed by atoms with Crippen molar-refractivity contribution in [2.24, 2.45) is 5.92 Å². The number of anilines is 2. The number of epoxide rings is 1. The molecule has 9 nitrogen and oxygen atoms in total. The van der Waals surface area contributed by atoms with E-state index in [1.807, 2.05) is 4.90 Å². The van der Waals surface area contributed by atoms with Crippen molar-refractivity contribution in [3.8, 4) is 11.3 Å². The van der Waals surface area contributed by atoms with Gasteiger partial charge in [0, 0.05) is 47.8 Å². The Hall–Kier alpha value is -3.65. The van der Waals surface area contributed by atoms with E-state index in [1.165, 1.54) is 35.2 Å². The number of rotatable bonds is 6. The summed E-state index contributed by atoms with van der Waals surface area (Å²) in [5.41, 5.74) is 0.209. The van der Waals surface area contributed by atoms with Crippen molar-refractivity contribution in [2.75, 3.05) is 43.1 Å². The van der Waals surface area contributed by atoms with Crippen molar-refractivity contribution in [2.45, 2.75) is 25.6 Å². The van der Waals surface area contributed by atoms with Gasteiger partial charge in [-0.3, -0.25) is 14.9 Å². The molecule has 238 valence electrons. The van der Waals surface area contributed by atoms with Crippen molar-refractivity contribution in [1.29, 1.82) is 0 Å². The van der Waals surface area contributed by atoms with E-state index in [0.717, 1.165) is 36.7 Å². The number of ether oxygens (including phenoxy) is 1. The number of hydrogen-bond donors (Lipinski definition) is 2. The number of nitrogens with one attached hydrogen (secondary N) is 1. The first-order chi connectivity index (χ1) is 21.4. The number of likely N-dealkylation sites (tertiary alicyclic amines) is 1. The maximum atomic E-state index is 13.5. The van der Waals surface area contributed by atoms with E-state index in [1.54, 1.807) is 6.92 Å². The number of allylic oxidation sites excluding steroid dienone is 2. The summed E-state index contributed by atoms with van der Waals surface area (Å²) in [5, 5.41) is 13.1. The Labute approximate surface area is 270 Å². The molecule has 4 heterocycles. The van der Waals surface area contributed by atoms with Gasteiger partial charge in [-0.15, -0.1) is 0 Å². The largest absolute Gasteiger partial charge is 0.465 e. The van der Waals surface area contributed by atoms with E-state index >= 15 is 0 Å². The Morgan fingerprint density at radius 3 is 2.42 bits per heavy atom. The minimum atomic E-state index is -4.57. The van der Waals surface area contributed by atoms with Crippen LogP contribution in [-0.4, -0.2) is 72.2 Å². The molecular weight excluding hydrogens is 656 g/mol. The molecule has 1 aromatic heterocycles. The summed E-state index contributed by atoms with van der Waals surface area (Å²) in [6, 6.07) is 7.20. The lowest BCUT2D eigenvalue weighted by atomic mass is 10.0. The van der Waals surface area contributed by atoms with Crippen LogP contribution in [0, 0.1) is 5.92 Å². The number of carboxylic acid groups (broad SMARTS) is 1. The summed E-state index contributed by atoms with van der Waals surface area (Å²) in [6.45, 7) is 4.91. The standard InChI is InChI=1S/C28H23Cl2F3N4O4S.C2H4O/c1-2-14(13-38)22-19(29)9-17(10-20(22)30)24(39)35-26-34-23(15-4-3-5-18(8-15)28(31,32)33)25(42-26)36-11-16-6-7-37(27(40)41)21(16)12-36;1-2-3-1/h2-5,8-10,13,16,21H,6-7,11-12H2,1H3,(H,40,41)(H,34,35,39);1-2H2. The molecule has 0 spiro atoms. The summed E-state index contributed by atoms with van der Waals surface area (Å²) < 4.78 is 45.1. The maximum absolute atomic E-state index is 13.5. The van der Waals surface area contributed by atoms with Gasteiger partial charge in [0.05, 0.1) is 34.9 Å². The van der Waals surface area contributed by atoms with Gasteiger partial charge in [-0.25, -0.2) is 9.78 Å². The summed E-state index contributed by atoms with van der Waals surface area (Å²) in [7, 11) is 0. The molecule has 0 bridgehead atoms. The van der Waals surface area contributed by atoms with Gasteiger partial charge in [0.2, 0.25) is 0 Å². The number of amides is 2. The second-order valence-corrected chi connectivity index (χ2v) is 12.3. The molecule has 3 aromatic rings. The smallest absolute Gasteiger partial charge is 0.416 e. The lowest BCUT2D eigenvalue weighted by Crippen LogP contribution is -2.38. The summed E-state index contributed by atoms with van der Waals surface area (Å²) in [6.07, 6.45) is -2.78. The molecule has 0 aliphatic carbocycles. The molecular formula is C30H27Cl2F3N4O5S. The number of carbonyl (C=O) groups excluding carboxylic acids is 2. The van der Waals surface area contributed by atoms with Crippen molar-refractivity contribution < 1.29 is 37.4 Å². The zero-order valence-electron chi connectivity index (χ0n) is 23.7. The highest BCUT2D eigenvalue weighted by molar-refractivity contribution is 7.20. The summed E-state index contributed by atoms with van der Waals surface area (Å²) in [5.74, 6) is -0.559. The van der Waals surface area contributed by atoms with Gasteiger partial charge in [-0.05, 0) is 37.6 Å². The van der Waals surface area contributed by atoms with Crippen LogP contribution < -0.4 is 10.2 Å². The lowest BCUT2D eigenvalue weighted by molar-refractivity contribution is -0.137. The van der Waals surface area contributed by atoms with E-state index in [4.69, 9.17) is 23.2 Å². The monoisotopic (exact) mass is 682 g/mol. The van der Waals surface area contributed by atoms with Crippen molar-refractivity contribution in [3.05, 3.63) is 69.2 Å². The van der Waals surface area contributed by atoms with Crippen LogP contribution in [0.3, 0.4) is 0 Å². The van der Waals surface area contributed by atoms with Gasteiger partial charge < -0.3 is 19.6 Å². The van der Waals surface area contributed by atoms with Crippen LogP contribution in [0.1, 0.15) is 34.8 Å². The first-order valence-corrected chi connectivity index (χ1v) is 15.4. The second-order valence-electron chi connectivity index (χ2n) is 10.5. The minimum absolute atomic E-state index is 0.0619. The molecule has 0 radical (unpaired) electrons. The highest BCUT2D eigenvalue weighted by atomic mass is 35.5. The Morgan fingerprint density at radius 2 is 1.84 bits per heavy atom. The number of nitrogens with zero attached hydrogens (tertiary/aromatic N) is 3. The Balaban J connectivity index is 0.00000126. The molecule has 2 unspecified atom stereocenters. The number of carbonyl (C=O) groups is 3. The SMILES string of the molecule is C1CO1.CC=C(C=O)c1c(Cl)cc(C(=O)Nc2nc(-c3cccc(C(F)(F)F)c3)c(N3CC4CCN(C(=O)O)C4C3)s2)cc1Cl. The Bertz CT molecular complexity index is 1640. The number of aldehydes is 1. The zero-order chi connectivity index (χ0) is 32.5. The number of halogens is 5. The van der Waals surface area contributed by atoms with Crippen molar-refractivity contribution >= 4 is 68.5 Å². The number of thiazole rings is 1. The van der Waals surface area contributed by atoms with Crippen LogP contribution in [0.4, 0.5) is 28.1 Å². The minimum Gasteiger partial charge on any atom is -0.465 e. The molecule has 2 atom stereocenters. The number of fused-ring (bicyclic) bond motifs is 1. The number of benzene rings is 2. The molecule has 3 aliphatic rings. The third-order valence-corrected chi connectivity index (χ3v) is 9.24. The van der Waals surface area contributed by atoms with Crippen LogP contribution in [-0.2, 0) is 15.7 Å². The topological polar surface area (TPSA) is 115 Å². The fourth-order valence-corrected chi connectivity index (χ4v) is 7.10. The highest BCUT2D eigenvalue weighted by Crippen LogP contribution is 2.44. The second kappa shape index (κ2) is 13.4. The van der Waals surface area contributed by atoms with E-state index in [9.17, 15) is 32.7 Å². The molecule has 3 fully saturated rings. The van der Waals surface area contributed by atoms with Gasteiger partial charge >= 0.3 is 12.3 Å². The fourth-order valence-electron chi connectivity index (χ4n) is 5.40. The first kappa shape index (κ1) is 32.7. The molecule has 3 saturated heterocycles. The van der Waals surface area contributed by atoms with Crippen LogP contribution in [0.5, 0.6) is 0 Å². The van der Waals surface area contributed by atoms with Crippen LogP contribution in [0.15, 0.2) is 42.5 Å². The Morgan fingerprint density at radius 1 is 1.16 bits per heavy atom. The molecule has 2 amide bonds. The number of aromatic nitrogens is 1. The number of hydrogen-bond acceptors (Lipinski definition) is 7. The molecule has 3 aliphatic heterocycles. The van der Waals surface area contributed by atoms with Gasteiger partial charge in [-0.1, -0.05) is 52.7 Å². The third kappa shape index (κ3) is 7.27. The normalized spacial score (nSPS) is 19.1. The third-order valence-electron chi connectivity index (χ3n) is 7.61. The Kier molecular flexibility index (Phi) is 9.73. The van der Waals surface area contributed by atoms with Gasteiger partial charge in [0.15, 0.2) is 5.13 Å². The predicted octanol–water partition coefficient (Wildman–Crippen LogP) is 7.20. The van der Waals surface area contributed by atoms with E-state index in [-0.39, 0.29) is 55.1 Å². The average molecular weight is 684 g/mol. The van der Waals surface area contributed by atoms with E-state index in [0.29, 0.717) is 37.3 Å². The zero-order valence-corrected chi connectivity index (χ0v) is 26.1. The van der Waals surface area contributed by atoms with Crippen molar-refractivity contribution in [3.63, 3.8) is 0 Å². The highest BCUT2D eigenvalue weighted by Gasteiger charge is 2.44. The van der Waals surface area contributed by atoms with Crippen LogP contribution in [0.25, 0.3) is 16.8 Å². The quantitative estimate of drug-likeness (QED) is 0.161. The molecule has 0 saturated carbocycles.